The van der Waals surface area contributed by atoms with Crippen molar-refractivity contribution in [2.75, 3.05) is 17.3 Å². The summed E-state index contributed by atoms with van der Waals surface area (Å²) in [6, 6.07) is 10.8. The summed E-state index contributed by atoms with van der Waals surface area (Å²) in [5.74, 6) is -0.373. The zero-order valence-corrected chi connectivity index (χ0v) is 16.9. The first-order valence-corrected chi connectivity index (χ1v) is 9.92. The molecule has 4 nitrogen and oxygen atoms in total. The number of hydrogen-bond acceptors (Lipinski definition) is 4. The molecule has 0 atom stereocenters. The van der Waals surface area contributed by atoms with Gasteiger partial charge in [-0.15, -0.1) is 11.8 Å². The highest BCUT2D eigenvalue weighted by atomic mass is 35.5. The Kier molecular flexibility index (Phi) is 5.75. The van der Waals surface area contributed by atoms with Crippen molar-refractivity contribution in [2.24, 2.45) is 0 Å². The standard InChI is InChI=1S/C21H20ClNO3S/c1-12-4-5-15(10-13(12)2)18-19(27-9-8-24)21(26)23(20(18)25)17-7-6-16(22)11-14(17)3/h4-7,10-11,24H,8-9H2,1-3H3. The lowest BCUT2D eigenvalue weighted by molar-refractivity contribution is -0.119. The summed E-state index contributed by atoms with van der Waals surface area (Å²) in [5, 5.41) is 9.75. The number of aryl methyl sites for hydroxylation is 3. The minimum atomic E-state index is -0.364. The lowest BCUT2D eigenvalue weighted by atomic mass is 10.0. The molecule has 2 aromatic rings. The first-order chi connectivity index (χ1) is 12.8. The maximum absolute atomic E-state index is 13.3. The first kappa shape index (κ1) is 19.7. The molecule has 1 heterocycles. The molecular weight excluding hydrogens is 382 g/mol. The van der Waals surface area contributed by atoms with Gasteiger partial charge in [-0.05, 0) is 61.2 Å². The molecule has 0 aliphatic carbocycles. The van der Waals surface area contributed by atoms with E-state index in [-0.39, 0.29) is 18.4 Å². The predicted molar refractivity (Wildman–Crippen MR) is 111 cm³/mol. The van der Waals surface area contributed by atoms with Crippen LogP contribution in [-0.2, 0) is 9.59 Å². The van der Waals surface area contributed by atoms with Crippen molar-refractivity contribution in [1.29, 1.82) is 0 Å². The predicted octanol–water partition coefficient (Wildman–Crippen LogP) is 4.28. The second kappa shape index (κ2) is 7.89. The average Bonchev–Trinajstić information content (AvgIpc) is 2.86. The molecule has 0 saturated carbocycles. The lowest BCUT2D eigenvalue weighted by Gasteiger charge is -2.18. The Labute approximate surface area is 167 Å². The number of hydrogen-bond donors (Lipinski definition) is 1. The van der Waals surface area contributed by atoms with Gasteiger partial charge in [0.25, 0.3) is 11.8 Å². The summed E-state index contributed by atoms with van der Waals surface area (Å²) in [7, 11) is 0. The number of amides is 2. The summed E-state index contributed by atoms with van der Waals surface area (Å²) in [4.78, 5) is 27.9. The van der Waals surface area contributed by atoms with Gasteiger partial charge in [0.05, 0.1) is 22.8 Å². The van der Waals surface area contributed by atoms with Crippen LogP contribution in [0.4, 0.5) is 5.69 Å². The number of imide groups is 1. The quantitative estimate of drug-likeness (QED) is 0.760. The zero-order valence-electron chi connectivity index (χ0n) is 15.4. The summed E-state index contributed by atoms with van der Waals surface area (Å²) in [6.45, 7) is 5.72. The molecule has 1 aliphatic heterocycles. The lowest BCUT2D eigenvalue weighted by Crippen LogP contribution is -2.32. The molecule has 140 valence electrons. The monoisotopic (exact) mass is 401 g/mol. The molecule has 2 aromatic carbocycles. The SMILES string of the molecule is Cc1ccc(C2=C(SCCO)C(=O)N(c3ccc(Cl)cc3C)C2=O)cc1C. The van der Waals surface area contributed by atoms with Crippen molar-refractivity contribution in [1.82, 2.24) is 0 Å². The fraction of sp³-hybridized carbons (Fsp3) is 0.238. The van der Waals surface area contributed by atoms with Crippen LogP contribution in [0.3, 0.4) is 0 Å². The fourth-order valence-corrected chi connectivity index (χ4v) is 4.12. The Morgan fingerprint density at radius 1 is 0.963 bits per heavy atom. The Bertz CT molecular complexity index is 968. The van der Waals surface area contributed by atoms with Crippen LogP contribution in [-0.4, -0.2) is 29.3 Å². The van der Waals surface area contributed by atoms with Gasteiger partial charge in [0.2, 0.25) is 0 Å². The molecule has 0 unspecified atom stereocenters. The third-order valence-electron chi connectivity index (χ3n) is 4.57. The van der Waals surface area contributed by atoms with Crippen LogP contribution < -0.4 is 4.90 Å². The number of aliphatic hydroxyl groups excluding tert-OH is 1. The maximum Gasteiger partial charge on any atom is 0.272 e. The molecule has 2 amide bonds. The molecule has 0 fully saturated rings. The number of aliphatic hydroxyl groups is 1. The normalized spacial score (nSPS) is 14.5. The van der Waals surface area contributed by atoms with E-state index < -0.39 is 0 Å². The van der Waals surface area contributed by atoms with Gasteiger partial charge in [-0.25, -0.2) is 4.90 Å². The number of anilines is 1. The van der Waals surface area contributed by atoms with E-state index in [1.54, 1.807) is 18.2 Å². The summed E-state index contributed by atoms with van der Waals surface area (Å²) < 4.78 is 0. The van der Waals surface area contributed by atoms with E-state index in [1.807, 2.05) is 39.0 Å². The molecule has 1 aliphatic rings. The van der Waals surface area contributed by atoms with E-state index in [0.29, 0.717) is 32.5 Å². The molecule has 3 rings (SSSR count). The van der Waals surface area contributed by atoms with E-state index in [1.165, 1.54) is 16.7 Å². The van der Waals surface area contributed by atoms with Gasteiger partial charge < -0.3 is 5.11 Å². The van der Waals surface area contributed by atoms with Crippen LogP contribution in [0.25, 0.3) is 5.57 Å². The van der Waals surface area contributed by atoms with Crippen molar-refractivity contribution >= 4 is 46.4 Å². The van der Waals surface area contributed by atoms with Crippen LogP contribution in [0.15, 0.2) is 41.3 Å². The molecule has 0 saturated heterocycles. The Balaban J connectivity index is 2.12. The topological polar surface area (TPSA) is 57.6 Å². The van der Waals surface area contributed by atoms with Gasteiger partial charge in [-0.3, -0.25) is 9.59 Å². The van der Waals surface area contributed by atoms with Crippen molar-refractivity contribution < 1.29 is 14.7 Å². The van der Waals surface area contributed by atoms with Crippen LogP contribution in [0.1, 0.15) is 22.3 Å². The first-order valence-electron chi connectivity index (χ1n) is 8.55. The van der Waals surface area contributed by atoms with E-state index in [2.05, 4.69) is 0 Å². The van der Waals surface area contributed by atoms with Crippen molar-refractivity contribution in [3.05, 3.63) is 68.6 Å². The third-order valence-corrected chi connectivity index (χ3v) is 5.86. The van der Waals surface area contributed by atoms with Crippen LogP contribution >= 0.6 is 23.4 Å². The van der Waals surface area contributed by atoms with Gasteiger partial charge >= 0.3 is 0 Å². The molecule has 0 spiro atoms. The molecule has 0 bridgehead atoms. The summed E-state index contributed by atoms with van der Waals surface area (Å²) in [5.41, 5.74) is 4.54. The van der Waals surface area contributed by atoms with E-state index in [4.69, 9.17) is 11.6 Å². The Morgan fingerprint density at radius 2 is 1.70 bits per heavy atom. The average molecular weight is 402 g/mol. The van der Waals surface area contributed by atoms with Gasteiger partial charge in [-0.2, -0.15) is 0 Å². The highest BCUT2D eigenvalue weighted by Crippen LogP contribution is 2.39. The van der Waals surface area contributed by atoms with Gasteiger partial charge in [0.15, 0.2) is 0 Å². The molecule has 6 heteroatoms. The summed E-state index contributed by atoms with van der Waals surface area (Å²) >= 11 is 7.23. The number of carbonyl (C=O) groups is 2. The number of carbonyl (C=O) groups excluding carboxylic acids is 2. The van der Waals surface area contributed by atoms with E-state index >= 15 is 0 Å². The van der Waals surface area contributed by atoms with Crippen LogP contribution in [0.5, 0.6) is 0 Å². The molecule has 0 aromatic heterocycles. The highest BCUT2D eigenvalue weighted by Gasteiger charge is 2.40. The molecule has 0 radical (unpaired) electrons. The van der Waals surface area contributed by atoms with E-state index in [0.717, 1.165) is 16.7 Å². The van der Waals surface area contributed by atoms with E-state index in [9.17, 15) is 14.7 Å². The van der Waals surface area contributed by atoms with Gasteiger partial charge in [0.1, 0.15) is 0 Å². The highest BCUT2D eigenvalue weighted by molar-refractivity contribution is 8.04. The third kappa shape index (κ3) is 3.68. The van der Waals surface area contributed by atoms with Crippen molar-refractivity contribution in [2.45, 2.75) is 20.8 Å². The van der Waals surface area contributed by atoms with Crippen molar-refractivity contribution in [3.63, 3.8) is 0 Å². The number of benzene rings is 2. The summed E-state index contributed by atoms with van der Waals surface area (Å²) in [6.07, 6.45) is 0. The molecule has 27 heavy (non-hydrogen) atoms. The number of thioether (sulfide) groups is 1. The van der Waals surface area contributed by atoms with Gasteiger partial charge in [-0.1, -0.05) is 29.8 Å². The zero-order chi connectivity index (χ0) is 19.7. The second-order valence-electron chi connectivity index (χ2n) is 6.45. The largest absolute Gasteiger partial charge is 0.396 e. The second-order valence-corrected chi connectivity index (χ2v) is 7.99. The Morgan fingerprint density at radius 3 is 2.33 bits per heavy atom. The fourth-order valence-electron chi connectivity index (χ4n) is 3.03. The number of rotatable bonds is 5. The number of halogens is 1. The molecule has 1 N–H and O–H groups in total. The smallest absolute Gasteiger partial charge is 0.272 e. The maximum atomic E-state index is 13.3. The Hall–Kier alpha value is -2.08. The minimum absolute atomic E-state index is 0.0736. The minimum Gasteiger partial charge on any atom is -0.396 e. The van der Waals surface area contributed by atoms with Crippen LogP contribution in [0.2, 0.25) is 5.02 Å². The van der Waals surface area contributed by atoms with Gasteiger partial charge in [0, 0.05) is 10.8 Å². The molecular formula is C21H20ClNO3S. The number of nitrogens with zero attached hydrogens (tertiary/aromatic N) is 1. The van der Waals surface area contributed by atoms with Crippen LogP contribution in [0, 0.1) is 20.8 Å². The van der Waals surface area contributed by atoms with Crippen molar-refractivity contribution in [3.8, 4) is 0 Å².